The predicted octanol–water partition coefficient (Wildman–Crippen LogP) is -2.20. The van der Waals surface area contributed by atoms with Crippen LogP contribution in [0.1, 0.15) is 18.5 Å². The van der Waals surface area contributed by atoms with Crippen LogP contribution in [-0.2, 0) is 11.3 Å². The molecule has 3 rings (SSSR count). The number of aromatic amines is 1. The number of nitrogens with two attached hydrogens (primary N) is 2. The number of nitrogens with zero attached hydrogens (tertiary/aromatic N) is 3. The molecule has 0 aliphatic carbocycles. The zero-order chi connectivity index (χ0) is 15.1. The van der Waals surface area contributed by atoms with Gasteiger partial charge >= 0.3 is 0 Å². The van der Waals surface area contributed by atoms with Crippen LogP contribution in [0.5, 0.6) is 0 Å². The maximum absolute atomic E-state index is 11.9. The Morgan fingerprint density at radius 1 is 1.48 bits per heavy atom. The van der Waals surface area contributed by atoms with Crippen LogP contribution >= 0.6 is 0 Å². The average molecular weight is 296 g/mol. The van der Waals surface area contributed by atoms with Crippen molar-refractivity contribution in [1.29, 1.82) is 0 Å². The lowest BCUT2D eigenvalue weighted by atomic mass is 10.2. The number of aliphatic hydroxyl groups excluding tert-OH is 2. The van der Waals surface area contributed by atoms with Crippen molar-refractivity contribution in [3.05, 3.63) is 16.2 Å². The molecule has 3 atom stereocenters. The molecule has 1 fully saturated rings. The molecule has 0 spiro atoms. The molecule has 0 amide bonds. The molecule has 0 bridgehead atoms. The van der Waals surface area contributed by atoms with Gasteiger partial charge in [-0.25, -0.2) is 4.98 Å². The smallest absolute Gasteiger partial charge is 0.280 e. The molecule has 21 heavy (non-hydrogen) atoms. The third-order valence-corrected chi connectivity index (χ3v) is 3.50. The first-order valence-corrected chi connectivity index (χ1v) is 6.46. The minimum Gasteiger partial charge on any atom is -0.394 e. The largest absolute Gasteiger partial charge is 0.394 e. The van der Waals surface area contributed by atoms with Gasteiger partial charge in [0.05, 0.1) is 19.3 Å². The topological polar surface area (TPSA) is 165 Å². The zero-order valence-corrected chi connectivity index (χ0v) is 11.1. The number of aliphatic hydroxyl groups is 2. The van der Waals surface area contributed by atoms with Crippen molar-refractivity contribution in [1.82, 2.24) is 19.5 Å². The number of imidazole rings is 1. The Morgan fingerprint density at radius 3 is 2.86 bits per heavy atom. The standard InChI is InChI=1S/C11H16N6O4/c12-2-6-14-8-9(15-11(13)16-10(8)20)17(6)7-1-4(19)5(3-18)21-7/h4-5,7,18-19H,1-3,12H2,(H3,13,15,16,20)/t4-,5+,7+/m0/s1. The highest BCUT2D eigenvalue weighted by Gasteiger charge is 2.36. The molecule has 7 N–H and O–H groups in total. The molecule has 2 aromatic heterocycles. The van der Waals surface area contributed by atoms with E-state index in [1.54, 1.807) is 4.57 Å². The average Bonchev–Trinajstić information content (AvgIpc) is 2.98. The molecule has 0 unspecified atom stereocenters. The molecule has 114 valence electrons. The summed E-state index contributed by atoms with van der Waals surface area (Å²) in [5.41, 5.74) is 11.1. The minimum atomic E-state index is -0.817. The Labute approximate surface area is 118 Å². The van der Waals surface area contributed by atoms with Gasteiger partial charge in [-0.3, -0.25) is 14.3 Å². The Morgan fingerprint density at radius 2 is 2.24 bits per heavy atom. The summed E-state index contributed by atoms with van der Waals surface area (Å²) in [6.07, 6.45) is -1.90. The van der Waals surface area contributed by atoms with Gasteiger partial charge in [-0.1, -0.05) is 0 Å². The summed E-state index contributed by atoms with van der Waals surface area (Å²) >= 11 is 0. The summed E-state index contributed by atoms with van der Waals surface area (Å²) in [6, 6.07) is 0. The van der Waals surface area contributed by atoms with E-state index in [0.717, 1.165) is 0 Å². The zero-order valence-electron chi connectivity index (χ0n) is 11.1. The molecule has 0 radical (unpaired) electrons. The van der Waals surface area contributed by atoms with Gasteiger partial charge in [-0.05, 0) is 0 Å². The first-order valence-electron chi connectivity index (χ1n) is 6.46. The van der Waals surface area contributed by atoms with Gasteiger partial charge in [0.1, 0.15) is 18.2 Å². The number of nitrogen functional groups attached to an aromatic ring is 1. The second-order valence-corrected chi connectivity index (χ2v) is 4.84. The van der Waals surface area contributed by atoms with Crippen molar-refractivity contribution in [2.75, 3.05) is 12.3 Å². The lowest BCUT2D eigenvalue weighted by molar-refractivity contribution is -0.0440. The Balaban J connectivity index is 2.15. The summed E-state index contributed by atoms with van der Waals surface area (Å²) in [5.74, 6) is 0.346. The van der Waals surface area contributed by atoms with Gasteiger partial charge in [0.25, 0.3) is 5.56 Å². The first kappa shape index (κ1) is 13.9. The van der Waals surface area contributed by atoms with Gasteiger partial charge in [0.2, 0.25) is 5.95 Å². The quantitative estimate of drug-likeness (QED) is 0.425. The molecule has 1 aliphatic heterocycles. The fourth-order valence-electron chi connectivity index (χ4n) is 2.53. The van der Waals surface area contributed by atoms with Crippen LogP contribution in [0.25, 0.3) is 11.2 Å². The van der Waals surface area contributed by atoms with Gasteiger partial charge < -0.3 is 26.4 Å². The van der Waals surface area contributed by atoms with Gasteiger partial charge in [-0.15, -0.1) is 0 Å². The highest BCUT2D eigenvalue weighted by molar-refractivity contribution is 5.71. The number of fused-ring (bicyclic) bond motifs is 1. The fourth-order valence-corrected chi connectivity index (χ4v) is 2.53. The van der Waals surface area contributed by atoms with Crippen molar-refractivity contribution >= 4 is 17.1 Å². The molecule has 3 heterocycles. The van der Waals surface area contributed by atoms with E-state index in [-0.39, 0.29) is 36.7 Å². The molecular weight excluding hydrogens is 280 g/mol. The molecule has 1 aliphatic rings. The van der Waals surface area contributed by atoms with Gasteiger partial charge in [0.15, 0.2) is 11.2 Å². The first-order chi connectivity index (χ1) is 10.0. The number of ether oxygens (including phenoxy) is 1. The van der Waals surface area contributed by atoms with E-state index in [4.69, 9.17) is 21.3 Å². The predicted molar refractivity (Wildman–Crippen MR) is 72.1 cm³/mol. The number of nitrogens with one attached hydrogen (secondary N) is 1. The number of hydrogen-bond donors (Lipinski definition) is 5. The number of hydrogen-bond acceptors (Lipinski definition) is 8. The Hall–Kier alpha value is -2.01. The number of rotatable bonds is 3. The van der Waals surface area contributed by atoms with E-state index in [9.17, 15) is 9.90 Å². The number of H-pyrrole nitrogens is 1. The molecule has 10 heteroatoms. The lowest BCUT2D eigenvalue weighted by Gasteiger charge is -2.16. The van der Waals surface area contributed by atoms with E-state index >= 15 is 0 Å². The lowest BCUT2D eigenvalue weighted by Crippen LogP contribution is -2.24. The number of anilines is 1. The molecule has 2 aromatic rings. The van der Waals surface area contributed by atoms with Crippen molar-refractivity contribution < 1.29 is 14.9 Å². The van der Waals surface area contributed by atoms with Crippen LogP contribution in [0.3, 0.4) is 0 Å². The number of aromatic nitrogens is 4. The van der Waals surface area contributed by atoms with E-state index in [2.05, 4.69) is 15.0 Å². The molecular formula is C11H16N6O4. The van der Waals surface area contributed by atoms with Crippen molar-refractivity contribution in [2.24, 2.45) is 5.73 Å². The maximum Gasteiger partial charge on any atom is 0.280 e. The summed E-state index contributed by atoms with van der Waals surface area (Å²) in [4.78, 5) is 22.4. The normalized spacial score (nSPS) is 25.8. The van der Waals surface area contributed by atoms with Crippen LogP contribution < -0.4 is 17.0 Å². The molecule has 0 aromatic carbocycles. The monoisotopic (exact) mass is 296 g/mol. The van der Waals surface area contributed by atoms with Crippen LogP contribution in [0, 0.1) is 0 Å². The van der Waals surface area contributed by atoms with Crippen molar-refractivity contribution in [3.63, 3.8) is 0 Å². The summed E-state index contributed by atoms with van der Waals surface area (Å²) < 4.78 is 7.11. The Kier molecular flexibility index (Phi) is 3.37. The van der Waals surface area contributed by atoms with Gasteiger partial charge in [-0.2, -0.15) is 4.98 Å². The third-order valence-electron chi connectivity index (χ3n) is 3.50. The molecule has 0 saturated carbocycles. The highest BCUT2D eigenvalue weighted by atomic mass is 16.5. The summed E-state index contributed by atoms with van der Waals surface area (Å²) in [5, 5.41) is 19.0. The Bertz CT molecular complexity index is 725. The SMILES string of the molecule is NCc1nc2c(=O)[nH]c(N)nc2n1[C@H]1C[C@H](O)[C@@H](CO)O1. The fraction of sp³-hybridized carbons (Fsp3) is 0.545. The van der Waals surface area contributed by atoms with E-state index in [0.29, 0.717) is 5.82 Å². The second-order valence-electron chi connectivity index (χ2n) is 4.84. The van der Waals surface area contributed by atoms with Crippen LogP contribution in [0.15, 0.2) is 4.79 Å². The van der Waals surface area contributed by atoms with E-state index in [1.165, 1.54) is 0 Å². The van der Waals surface area contributed by atoms with E-state index < -0.39 is 24.0 Å². The summed E-state index contributed by atoms with van der Waals surface area (Å²) in [7, 11) is 0. The maximum atomic E-state index is 11.9. The second kappa shape index (κ2) is 5.07. The molecule has 1 saturated heterocycles. The van der Waals surface area contributed by atoms with Gasteiger partial charge in [0, 0.05) is 6.42 Å². The van der Waals surface area contributed by atoms with Crippen molar-refractivity contribution in [2.45, 2.75) is 31.4 Å². The summed E-state index contributed by atoms with van der Waals surface area (Å²) in [6.45, 7) is -0.242. The minimum absolute atomic E-state index is 0.0468. The van der Waals surface area contributed by atoms with E-state index in [1.807, 2.05) is 0 Å². The van der Waals surface area contributed by atoms with Crippen LogP contribution in [0.2, 0.25) is 0 Å². The van der Waals surface area contributed by atoms with Crippen LogP contribution in [0.4, 0.5) is 5.95 Å². The molecule has 10 nitrogen and oxygen atoms in total. The highest BCUT2D eigenvalue weighted by Crippen LogP contribution is 2.31. The third kappa shape index (κ3) is 2.17. The van der Waals surface area contributed by atoms with Crippen LogP contribution in [-0.4, -0.2) is 48.5 Å². The van der Waals surface area contributed by atoms with Crippen molar-refractivity contribution in [3.8, 4) is 0 Å².